The lowest BCUT2D eigenvalue weighted by Gasteiger charge is -2.29. The number of halogens is 1. The molecule has 1 N–H and O–H groups in total. The summed E-state index contributed by atoms with van der Waals surface area (Å²) in [5, 5.41) is 2.82. The van der Waals surface area contributed by atoms with Crippen molar-refractivity contribution in [2.75, 3.05) is 23.3 Å². The number of fused-ring (bicyclic) bond motifs is 1. The number of nitrogens with zero attached hydrogens (tertiary/aromatic N) is 1. The molecular weight excluding hydrogens is 360 g/mol. The molecule has 0 saturated heterocycles. The number of nitrogens with one attached hydrogen (secondary N) is 1. The Morgan fingerprint density at radius 3 is 2.74 bits per heavy atom. The predicted molar refractivity (Wildman–Crippen MR) is 91.8 cm³/mol. The number of anilines is 2. The molecule has 3 rings (SSSR count). The zero-order valence-electron chi connectivity index (χ0n) is 12.5. The molecule has 0 atom stereocenters. The average molecular weight is 375 g/mol. The molecule has 2 aromatic carbocycles. The number of rotatable bonds is 3. The van der Waals surface area contributed by atoms with Crippen LogP contribution in [0.1, 0.15) is 5.56 Å². The fourth-order valence-electron chi connectivity index (χ4n) is 2.40. The van der Waals surface area contributed by atoms with Gasteiger partial charge in [0.15, 0.2) is 5.75 Å². The van der Waals surface area contributed by atoms with Crippen LogP contribution in [-0.4, -0.2) is 25.0 Å². The third kappa shape index (κ3) is 3.71. The lowest BCUT2D eigenvalue weighted by Crippen LogP contribution is -2.41. The third-order valence-corrected chi connectivity index (χ3v) is 3.99. The largest absolute Gasteiger partial charge is 0.423 e. The van der Waals surface area contributed by atoms with E-state index in [0.29, 0.717) is 11.4 Å². The normalized spacial score (nSPS) is 13.3. The van der Waals surface area contributed by atoms with Crippen molar-refractivity contribution < 1.29 is 14.3 Å². The van der Waals surface area contributed by atoms with Crippen molar-refractivity contribution in [3.8, 4) is 5.75 Å². The van der Waals surface area contributed by atoms with Crippen molar-refractivity contribution in [1.82, 2.24) is 0 Å². The van der Waals surface area contributed by atoms with Crippen LogP contribution < -0.4 is 15.0 Å². The first-order chi connectivity index (χ1) is 11.0. The zero-order chi connectivity index (χ0) is 16.4. The van der Waals surface area contributed by atoms with Gasteiger partial charge in [0.2, 0.25) is 5.91 Å². The molecule has 6 heteroatoms. The van der Waals surface area contributed by atoms with Gasteiger partial charge in [0, 0.05) is 10.2 Å². The highest BCUT2D eigenvalue weighted by atomic mass is 79.9. The summed E-state index contributed by atoms with van der Waals surface area (Å²) in [4.78, 5) is 25.7. The smallest absolute Gasteiger partial charge is 0.331 e. The van der Waals surface area contributed by atoms with E-state index in [9.17, 15) is 9.59 Å². The molecule has 118 valence electrons. The highest BCUT2D eigenvalue weighted by molar-refractivity contribution is 9.10. The second-order valence-electron chi connectivity index (χ2n) is 5.36. The number of carbonyl (C=O) groups excluding carboxylic acids is 2. The highest BCUT2D eigenvalue weighted by Crippen LogP contribution is 2.32. The van der Waals surface area contributed by atoms with E-state index in [0.717, 1.165) is 15.7 Å². The van der Waals surface area contributed by atoms with Gasteiger partial charge in [-0.05, 0) is 48.9 Å². The molecule has 0 aliphatic carbocycles. The third-order valence-electron chi connectivity index (χ3n) is 3.46. The maximum absolute atomic E-state index is 12.3. The van der Waals surface area contributed by atoms with Gasteiger partial charge in [-0.15, -0.1) is 0 Å². The Kier molecular flexibility index (Phi) is 4.34. The maximum atomic E-state index is 12.3. The number of hydrogen-bond donors (Lipinski definition) is 1. The summed E-state index contributed by atoms with van der Waals surface area (Å²) in [6.45, 7) is 2.10. The van der Waals surface area contributed by atoms with Crippen LogP contribution in [0.15, 0.2) is 46.9 Å². The first-order valence-electron chi connectivity index (χ1n) is 7.13. The Labute approximate surface area is 142 Å². The summed E-state index contributed by atoms with van der Waals surface area (Å²) < 4.78 is 6.16. The monoisotopic (exact) mass is 374 g/mol. The number of hydrogen-bond acceptors (Lipinski definition) is 4. The number of ether oxygens (including phenoxy) is 1. The highest BCUT2D eigenvalue weighted by Gasteiger charge is 2.25. The standard InChI is InChI=1S/C17H15BrN2O3/c1-11-2-7-15-14(8-11)20(10-17(22)23-15)9-16(21)19-13-5-3-12(18)4-6-13/h2-8H,9-10H2,1H3,(H,19,21). The van der Waals surface area contributed by atoms with Crippen LogP contribution in [0, 0.1) is 6.92 Å². The minimum atomic E-state index is -0.363. The topological polar surface area (TPSA) is 58.6 Å². The maximum Gasteiger partial charge on any atom is 0.331 e. The zero-order valence-corrected chi connectivity index (χ0v) is 14.1. The SMILES string of the molecule is Cc1ccc2c(c1)N(CC(=O)Nc1ccc(Br)cc1)CC(=O)O2. The van der Waals surface area contributed by atoms with Crippen molar-refractivity contribution in [3.05, 3.63) is 52.5 Å². The number of esters is 1. The molecule has 0 aromatic heterocycles. The molecule has 1 aliphatic rings. The Morgan fingerprint density at radius 2 is 2.00 bits per heavy atom. The molecule has 1 amide bonds. The van der Waals surface area contributed by atoms with Gasteiger partial charge in [-0.1, -0.05) is 22.0 Å². The molecule has 0 radical (unpaired) electrons. The fraction of sp³-hybridized carbons (Fsp3) is 0.176. The van der Waals surface area contributed by atoms with Gasteiger partial charge >= 0.3 is 5.97 Å². The van der Waals surface area contributed by atoms with Crippen LogP contribution in [0.5, 0.6) is 5.75 Å². The molecule has 5 nitrogen and oxygen atoms in total. The lowest BCUT2D eigenvalue weighted by atomic mass is 10.1. The fourth-order valence-corrected chi connectivity index (χ4v) is 2.67. The van der Waals surface area contributed by atoms with E-state index in [1.807, 2.05) is 43.3 Å². The van der Waals surface area contributed by atoms with Gasteiger partial charge in [0.05, 0.1) is 12.2 Å². The van der Waals surface area contributed by atoms with Crippen LogP contribution in [0.4, 0.5) is 11.4 Å². The van der Waals surface area contributed by atoms with E-state index in [2.05, 4.69) is 21.2 Å². The van der Waals surface area contributed by atoms with Gasteiger partial charge in [0.25, 0.3) is 0 Å². The second kappa shape index (κ2) is 6.42. The van der Waals surface area contributed by atoms with Crippen LogP contribution in [-0.2, 0) is 9.59 Å². The number of aryl methyl sites for hydroxylation is 1. The second-order valence-corrected chi connectivity index (χ2v) is 6.27. The van der Waals surface area contributed by atoms with Crippen LogP contribution in [0.3, 0.4) is 0 Å². The Hall–Kier alpha value is -2.34. The van der Waals surface area contributed by atoms with Crippen molar-refractivity contribution in [1.29, 1.82) is 0 Å². The van der Waals surface area contributed by atoms with E-state index in [4.69, 9.17) is 4.74 Å². The van der Waals surface area contributed by atoms with Crippen LogP contribution >= 0.6 is 15.9 Å². The molecule has 0 saturated carbocycles. The first kappa shape index (κ1) is 15.6. The number of carbonyl (C=O) groups is 2. The molecule has 0 spiro atoms. The quantitative estimate of drug-likeness (QED) is 0.662. The van der Waals surface area contributed by atoms with E-state index in [-0.39, 0.29) is 25.0 Å². The lowest BCUT2D eigenvalue weighted by molar-refractivity contribution is -0.133. The summed E-state index contributed by atoms with van der Waals surface area (Å²) in [7, 11) is 0. The summed E-state index contributed by atoms with van der Waals surface area (Å²) in [6, 6.07) is 12.9. The van der Waals surface area contributed by atoms with Gasteiger partial charge in [-0.3, -0.25) is 4.79 Å². The van der Waals surface area contributed by atoms with Gasteiger partial charge in [-0.2, -0.15) is 0 Å². The summed E-state index contributed by atoms with van der Waals surface area (Å²) >= 11 is 3.35. The molecule has 1 aliphatic heterocycles. The van der Waals surface area contributed by atoms with Crippen molar-refractivity contribution in [2.45, 2.75) is 6.92 Å². The summed E-state index contributed by atoms with van der Waals surface area (Å²) in [5.74, 6) is -0.0597. The van der Waals surface area contributed by atoms with Gasteiger partial charge in [-0.25, -0.2) is 4.79 Å². The Bertz CT molecular complexity index is 759. The minimum absolute atomic E-state index is 0.0597. The summed E-state index contributed by atoms with van der Waals surface area (Å²) in [6.07, 6.45) is 0. The van der Waals surface area contributed by atoms with Crippen molar-refractivity contribution in [2.24, 2.45) is 0 Å². The van der Waals surface area contributed by atoms with Gasteiger partial charge in [0.1, 0.15) is 6.54 Å². The average Bonchev–Trinajstić information content (AvgIpc) is 2.50. The molecule has 0 unspecified atom stereocenters. The van der Waals surface area contributed by atoms with Crippen LogP contribution in [0.25, 0.3) is 0 Å². The van der Waals surface area contributed by atoms with E-state index < -0.39 is 0 Å². The molecule has 1 heterocycles. The molecular formula is C17H15BrN2O3. The van der Waals surface area contributed by atoms with E-state index in [1.54, 1.807) is 11.0 Å². The van der Waals surface area contributed by atoms with Crippen LogP contribution in [0.2, 0.25) is 0 Å². The van der Waals surface area contributed by atoms with Crippen molar-refractivity contribution in [3.63, 3.8) is 0 Å². The Balaban J connectivity index is 1.74. The molecule has 23 heavy (non-hydrogen) atoms. The van der Waals surface area contributed by atoms with E-state index in [1.165, 1.54) is 0 Å². The number of benzene rings is 2. The van der Waals surface area contributed by atoms with Gasteiger partial charge < -0.3 is 15.0 Å². The minimum Gasteiger partial charge on any atom is -0.423 e. The first-order valence-corrected chi connectivity index (χ1v) is 7.92. The number of amides is 1. The van der Waals surface area contributed by atoms with Crippen molar-refractivity contribution >= 4 is 39.2 Å². The summed E-state index contributed by atoms with van der Waals surface area (Å²) in [5.41, 5.74) is 2.51. The predicted octanol–water partition coefficient (Wildman–Crippen LogP) is 3.12. The molecule has 0 fully saturated rings. The van der Waals surface area contributed by atoms with E-state index >= 15 is 0 Å². The Morgan fingerprint density at radius 1 is 1.26 bits per heavy atom. The molecule has 0 bridgehead atoms. The molecule has 2 aromatic rings.